The van der Waals surface area contributed by atoms with Gasteiger partial charge in [0, 0.05) is 18.8 Å². The van der Waals surface area contributed by atoms with E-state index in [-0.39, 0.29) is 12.5 Å². The molecule has 6 nitrogen and oxygen atoms in total. The van der Waals surface area contributed by atoms with Crippen LogP contribution in [0.1, 0.15) is 20.8 Å². The van der Waals surface area contributed by atoms with Crippen LogP contribution in [0.2, 0.25) is 0 Å². The van der Waals surface area contributed by atoms with Crippen molar-refractivity contribution in [3.8, 4) is 5.88 Å². The summed E-state index contributed by atoms with van der Waals surface area (Å²) < 4.78 is 10.2. The van der Waals surface area contributed by atoms with E-state index >= 15 is 0 Å². The highest BCUT2D eigenvalue weighted by atomic mass is 16.5. The van der Waals surface area contributed by atoms with Crippen LogP contribution in [0.4, 0.5) is 5.95 Å². The number of hydrogen-bond donors (Lipinski definition) is 0. The molecule has 1 aromatic heterocycles. The van der Waals surface area contributed by atoms with Crippen LogP contribution in [-0.4, -0.2) is 42.2 Å². The van der Waals surface area contributed by atoms with Gasteiger partial charge >= 0.3 is 5.97 Å². The third-order valence-electron chi connectivity index (χ3n) is 2.20. The van der Waals surface area contributed by atoms with Crippen molar-refractivity contribution in [3.05, 3.63) is 12.3 Å². The Morgan fingerprint density at radius 3 is 2.72 bits per heavy atom. The van der Waals surface area contributed by atoms with Crippen molar-refractivity contribution in [2.24, 2.45) is 0 Å². The zero-order chi connectivity index (χ0) is 13.4. The van der Waals surface area contributed by atoms with Crippen molar-refractivity contribution in [1.82, 2.24) is 9.97 Å². The van der Waals surface area contributed by atoms with Crippen LogP contribution in [0.3, 0.4) is 0 Å². The number of likely N-dealkylation sites (N-methyl/N-ethyl adjacent to an activating group) is 1. The first kappa shape index (κ1) is 14.2. The van der Waals surface area contributed by atoms with Gasteiger partial charge < -0.3 is 14.4 Å². The third-order valence-corrected chi connectivity index (χ3v) is 2.20. The molecule has 100 valence electrons. The van der Waals surface area contributed by atoms with Gasteiger partial charge in [0.25, 0.3) is 0 Å². The number of nitrogens with zero attached hydrogens (tertiary/aromatic N) is 3. The average Bonchev–Trinajstić information content (AvgIpc) is 2.37. The molecule has 0 atom stereocenters. The van der Waals surface area contributed by atoms with Crippen molar-refractivity contribution in [2.75, 3.05) is 31.2 Å². The van der Waals surface area contributed by atoms with E-state index in [1.165, 1.54) is 0 Å². The van der Waals surface area contributed by atoms with Gasteiger partial charge in [-0.3, -0.25) is 4.79 Å². The van der Waals surface area contributed by atoms with Gasteiger partial charge in [0.1, 0.15) is 6.54 Å². The van der Waals surface area contributed by atoms with E-state index < -0.39 is 0 Å². The maximum Gasteiger partial charge on any atom is 0.325 e. The van der Waals surface area contributed by atoms with Gasteiger partial charge in [-0.15, -0.1) is 0 Å². The molecule has 0 bridgehead atoms. The summed E-state index contributed by atoms with van der Waals surface area (Å²) in [5.74, 6) is 0.686. The van der Waals surface area contributed by atoms with Gasteiger partial charge in [0.05, 0.1) is 13.2 Å². The molecular weight excluding hydrogens is 234 g/mol. The fourth-order valence-electron chi connectivity index (χ4n) is 1.40. The van der Waals surface area contributed by atoms with Crippen molar-refractivity contribution in [3.63, 3.8) is 0 Å². The van der Waals surface area contributed by atoms with Gasteiger partial charge in [0.15, 0.2) is 0 Å². The number of aromatic nitrogens is 2. The molecule has 0 radical (unpaired) electrons. The van der Waals surface area contributed by atoms with Crippen molar-refractivity contribution in [1.29, 1.82) is 0 Å². The highest BCUT2D eigenvalue weighted by Crippen LogP contribution is 2.12. The minimum Gasteiger partial charge on any atom is -0.478 e. The number of rotatable bonds is 7. The molecule has 0 aliphatic carbocycles. The van der Waals surface area contributed by atoms with Crippen molar-refractivity contribution in [2.45, 2.75) is 20.8 Å². The normalized spacial score (nSPS) is 9.94. The molecule has 0 fully saturated rings. The summed E-state index contributed by atoms with van der Waals surface area (Å²) in [6, 6.07) is 1.69. The van der Waals surface area contributed by atoms with Gasteiger partial charge in [-0.1, -0.05) is 0 Å². The molecular formula is C12H19N3O3. The van der Waals surface area contributed by atoms with E-state index in [0.717, 1.165) is 0 Å². The zero-order valence-electron chi connectivity index (χ0n) is 11.0. The predicted octanol–water partition coefficient (Wildman–Crippen LogP) is 1.26. The number of esters is 1. The van der Waals surface area contributed by atoms with Crippen LogP contribution < -0.4 is 9.64 Å². The van der Waals surface area contributed by atoms with Crippen molar-refractivity contribution >= 4 is 11.9 Å². The number of hydrogen-bond acceptors (Lipinski definition) is 6. The molecule has 0 unspecified atom stereocenters. The molecule has 0 N–H and O–H groups in total. The van der Waals surface area contributed by atoms with E-state index in [9.17, 15) is 4.79 Å². The first-order valence-corrected chi connectivity index (χ1v) is 6.07. The lowest BCUT2D eigenvalue weighted by molar-refractivity contribution is -0.141. The van der Waals surface area contributed by atoms with E-state index in [2.05, 4.69) is 9.97 Å². The van der Waals surface area contributed by atoms with Crippen LogP contribution in [0.25, 0.3) is 0 Å². The Labute approximate surface area is 107 Å². The molecule has 0 saturated heterocycles. The molecule has 0 saturated carbocycles. The Kier molecular flexibility index (Phi) is 5.90. The summed E-state index contributed by atoms with van der Waals surface area (Å²) >= 11 is 0. The fraction of sp³-hybridized carbons (Fsp3) is 0.583. The lowest BCUT2D eigenvalue weighted by Crippen LogP contribution is -2.32. The maximum absolute atomic E-state index is 11.4. The number of carbonyl (C=O) groups is 1. The second-order valence-corrected chi connectivity index (χ2v) is 3.45. The van der Waals surface area contributed by atoms with E-state index in [4.69, 9.17) is 9.47 Å². The van der Waals surface area contributed by atoms with E-state index in [1.807, 2.05) is 13.8 Å². The summed E-state index contributed by atoms with van der Waals surface area (Å²) in [6.07, 6.45) is 1.61. The minimum absolute atomic E-state index is 0.139. The fourth-order valence-corrected chi connectivity index (χ4v) is 1.40. The van der Waals surface area contributed by atoms with Gasteiger partial charge in [-0.2, -0.15) is 4.98 Å². The molecule has 18 heavy (non-hydrogen) atoms. The second-order valence-electron chi connectivity index (χ2n) is 3.45. The van der Waals surface area contributed by atoms with Gasteiger partial charge in [-0.05, 0) is 20.8 Å². The highest BCUT2D eigenvalue weighted by molar-refractivity contribution is 5.74. The topological polar surface area (TPSA) is 64.5 Å². The number of ether oxygens (including phenoxy) is 2. The standard InChI is InChI=1S/C12H19N3O3/c1-4-15(9-11(16)18-6-3)12-13-8-7-10(14-12)17-5-2/h7-8H,4-6,9H2,1-3H3. The Hall–Kier alpha value is -1.85. The molecule has 0 aliphatic rings. The van der Waals surface area contributed by atoms with Crippen LogP contribution in [0.15, 0.2) is 12.3 Å². The molecule has 0 aliphatic heterocycles. The maximum atomic E-state index is 11.4. The predicted molar refractivity (Wildman–Crippen MR) is 67.7 cm³/mol. The van der Waals surface area contributed by atoms with Gasteiger partial charge in [0.2, 0.25) is 11.8 Å². The molecule has 1 rings (SSSR count). The second kappa shape index (κ2) is 7.47. The molecule has 0 spiro atoms. The minimum atomic E-state index is -0.287. The molecule has 1 heterocycles. The van der Waals surface area contributed by atoms with Gasteiger partial charge in [-0.25, -0.2) is 4.98 Å². The molecule has 0 amide bonds. The third kappa shape index (κ3) is 4.20. The number of anilines is 1. The highest BCUT2D eigenvalue weighted by Gasteiger charge is 2.13. The Balaban J connectivity index is 2.74. The first-order chi connectivity index (χ1) is 8.71. The lowest BCUT2D eigenvalue weighted by atomic mass is 10.5. The molecule has 1 aromatic rings. The van der Waals surface area contributed by atoms with Crippen LogP contribution >= 0.6 is 0 Å². The summed E-state index contributed by atoms with van der Waals surface area (Å²) in [5.41, 5.74) is 0. The Morgan fingerprint density at radius 1 is 1.33 bits per heavy atom. The number of carbonyl (C=O) groups excluding carboxylic acids is 1. The van der Waals surface area contributed by atoms with Crippen LogP contribution in [0, 0.1) is 0 Å². The summed E-state index contributed by atoms with van der Waals surface area (Å²) in [4.78, 5) is 21.5. The zero-order valence-corrected chi connectivity index (χ0v) is 11.0. The van der Waals surface area contributed by atoms with Crippen LogP contribution in [-0.2, 0) is 9.53 Å². The quantitative estimate of drug-likeness (QED) is 0.682. The summed E-state index contributed by atoms with van der Waals surface area (Å²) in [5, 5.41) is 0. The Bertz CT molecular complexity index is 385. The first-order valence-electron chi connectivity index (χ1n) is 6.07. The van der Waals surface area contributed by atoms with Crippen LogP contribution in [0.5, 0.6) is 5.88 Å². The largest absolute Gasteiger partial charge is 0.478 e. The SMILES string of the molecule is CCOC(=O)CN(CC)c1nccc(OCC)n1. The average molecular weight is 253 g/mol. The molecule has 0 aromatic carbocycles. The Morgan fingerprint density at radius 2 is 2.11 bits per heavy atom. The molecule has 6 heteroatoms. The van der Waals surface area contributed by atoms with Crippen molar-refractivity contribution < 1.29 is 14.3 Å². The van der Waals surface area contributed by atoms with E-state index in [0.29, 0.717) is 31.6 Å². The summed E-state index contributed by atoms with van der Waals surface area (Å²) in [7, 11) is 0. The lowest BCUT2D eigenvalue weighted by Gasteiger charge is -2.19. The summed E-state index contributed by atoms with van der Waals surface area (Å²) in [6.45, 7) is 7.26. The van der Waals surface area contributed by atoms with E-state index in [1.54, 1.807) is 24.1 Å². The monoisotopic (exact) mass is 253 g/mol. The smallest absolute Gasteiger partial charge is 0.325 e.